The number of para-hydroxylation sites is 1. The van der Waals surface area contributed by atoms with E-state index in [0.29, 0.717) is 5.82 Å². The Morgan fingerprint density at radius 3 is 2.57 bits per heavy atom. The molecule has 0 aliphatic heterocycles. The molecule has 0 atom stereocenters. The molecule has 0 saturated carbocycles. The lowest BCUT2D eigenvalue weighted by Gasteiger charge is -2.06. The molecule has 106 valence electrons. The summed E-state index contributed by atoms with van der Waals surface area (Å²) in [6.07, 6.45) is 0. The molecule has 2 aromatic carbocycles. The number of rotatable bonds is 3. The van der Waals surface area contributed by atoms with Crippen molar-refractivity contribution in [3.63, 3.8) is 0 Å². The summed E-state index contributed by atoms with van der Waals surface area (Å²) in [6, 6.07) is 17.5. The van der Waals surface area contributed by atoms with Crippen LogP contribution in [-0.4, -0.2) is 16.9 Å². The van der Waals surface area contributed by atoms with Gasteiger partial charge in [-0.15, -0.1) is 0 Å². The second kappa shape index (κ2) is 5.61. The number of methoxy groups -OCH3 is 1. The van der Waals surface area contributed by atoms with Gasteiger partial charge in [-0.2, -0.15) is 5.10 Å². The normalized spacial score (nSPS) is 10.6. The van der Waals surface area contributed by atoms with Crippen molar-refractivity contribution in [3.8, 4) is 22.7 Å². The number of hydrogen-bond donors (Lipinski definition) is 1. The lowest BCUT2D eigenvalue weighted by molar-refractivity contribution is 0.416. The monoisotopic (exact) mass is 343 g/mol. The van der Waals surface area contributed by atoms with Crippen molar-refractivity contribution in [2.24, 2.45) is 0 Å². The molecule has 0 radical (unpaired) electrons. The Morgan fingerprint density at radius 2 is 1.86 bits per heavy atom. The molecule has 0 aliphatic rings. The van der Waals surface area contributed by atoms with Gasteiger partial charge in [0, 0.05) is 16.1 Å². The molecule has 21 heavy (non-hydrogen) atoms. The van der Waals surface area contributed by atoms with E-state index in [2.05, 4.69) is 21.0 Å². The third-order valence-corrected chi connectivity index (χ3v) is 3.67. The maximum Gasteiger partial charge on any atom is 0.129 e. The first kappa shape index (κ1) is 13.7. The highest BCUT2D eigenvalue weighted by Crippen LogP contribution is 2.33. The number of nitrogen functional groups attached to an aromatic ring is 1. The number of nitrogens with two attached hydrogens (primary N) is 1. The fraction of sp³-hybridized carbons (Fsp3) is 0.0625. The molecule has 0 unspecified atom stereocenters. The van der Waals surface area contributed by atoms with Crippen molar-refractivity contribution >= 4 is 21.7 Å². The highest BCUT2D eigenvalue weighted by atomic mass is 79.9. The van der Waals surface area contributed by atoms with Crippen LogP contribution in [0.25, 0.3) is 16.9 Å². The van der Waals surface area contributed by atoms with Crippen LogP contribution in [0.15, 0.2) is 59.1 Å². The largest absolute Gasteiger partial charge is 0.496 e. The van der Waals surface area contributed by atoms with Gasteiger partial charge in [-0.1, -0.05) is 34.1 Å². The van der Waals surface area contributed by atoms with Crippen LogP contribution >= 0.6 is 15.9 Å². The molecular formula is C16H14BrN3O. The number of anilines is 1. The van der Waals surface area contributed by atoms with Gasteiger partial charge in [0.05, 0.1) is 18.5 Å². The molecule has 0 bridgehead atoms. The van der Waals surface area contributed by atoms with E-state index in [1.54, 1.807) is 11.8 Å². The van der Waals surface area contributed by atoms with Crippen LogP contribution in [0, 0.1) is 0 Å². The second-order valence-electron chi connectivity index (χ2n) is 4.55. The van der Waals surface area contributed by atoms with Crippen LogP contribution < -0.4 is 10.5 Å². The van der Waals surface area contributed by atoms with E-state index in [4.69, 9.17) is 10.5 Å². The molecule has 4 nitrogen and oxygen atoms in total. The van der Waals surface area contributed by atoms with E-state index in [1.165, 1.54) is 0 Å². The molecular weight excluding hydrogens is 330 g/mol. The lowest BCUT2D eigenvalue weighted by atomic mass is 10.1. The first-order chi connectivity index (χ1) is 10.2. The van der Waals surface area contributed by atoms with Crippen molar-refractivity contribution < 1.29 is 4.74 Å². The Morgan fingerprint density at radius 1 is 1.10 bits per heavy atom. The van der Waals surface area contributed by atoms with E-state index in [-0.39, 0.29) is 0 Å². The molecule has 0 amide bonds. The zero-order valence-corrected chi connectivity index (χ0v) is 13.0. The predicted molar refractivity (Wildman–Crippen MR) is 87.7 cm³/mol. The third kappa shape index (κ3) is 2.64. The maximum absolute atomic E-state index is 6.08. The quantitative estimate of drug-likeness (QED) is 0.784. The topological polar surface area (TPSA) is 53.1 Å². The molecule has 0 fully saturated rings. The van der Waals surface area contributed by atoms with Crippen LogP contribution in [0.2, 0.25) is 0 Å². The second-order valence-corrected chi connectivity index (χ2v) is 5.46. The van der Waals surface area contributed by atoms with Gasteiger partial charge in [-0.05, 0) is 30.3 Å². The summed E-state index contributed by atoms with van der Waals surface area (Å²) in [6.45, 7) is 0. The van der Waals surface area contributed by atoms with Gasteiger partial charge in [-0.3, -0.25) is 0 Å². The summed E-state index contributed by atoms with van der Waals surface area (Å²) in [4.78, 5) is 0. The molecule has 2 N–H and O–H groups in total. The SMILES string of the molecule is COc1cc(Br)ccc1-c1cc(N)n(-c2ccccc2)n1. The van der Waals surface area contributed by atoms with Crippen LogP contribution in [0.1, 0.15) is 0 Å². The smallest absolute Gasteiger partial charge is 0.129 e. The Labute approximate surface area is 131 Å². The summed E-state index contributed by atoms with van der Waals surface area (Å²) >= 11 is 3.44. The Balaban J connectivity index is 2.10. The minimum Gasteiger partial charge on any atom is -0.496 e. The van der Waals surface area contributed by atoms with Gasteiger partial charge >= 0.3 is 0 Å². The van der Waals surface area contributed by atoms with Crippen molar-refractivity contribution in [2.75, 3.05) is 12.8 Å². The fourth-order valence-electron chi connectivity index (χ4n) is 2.18. The molecule has 3 rings (SSSR count). The standard InChI is InChI=1S/C16H14BrN3O/c1-21-15-9-11(17)7-8-13(15)14-10-16(18)20(19-14)12-5-3-2-4-6-12/h2-10H,18H2,1H3. The first-order valence-electron chi connectivity index (χ1n) is 6.44. The van der Waals surface area contributed by atoms with Crippen LogP contribution in [0.3, 0.4) is 0 Å². The van der Waals surface area contributed by atoms with E-state index >= 15 is 0 Å². The van der Waals surface area contributed by atoms with Gasteiger partial charge in [0.25, 0.3) is 0 Å². The van der Waals surface area contributed by atoms with Crippen LogP contribution in [-0.2, 0) is 0 Å². The molecule has 1 heterocycles. The number of ether oxygens (including phenoxy) is 1. The van der Waals surface area contributed by atoms with Gasteiger partial charge < -0.3 is 10.5 Å². The van der Waals surface area contributed by atoms with Crippen molar-refractivity contribution in [2.45, 2.75) is 0 Å². The van der Waals surface area contributed by atoms with E-state index in [0.717, 1.165) is 27.2 Å². The molecule has 1 aromatic heterocycles. The lowest BCUT2D eigenvalue weighted by Crippen LogP contribution is -2.01. The van der Waals surface area contributed by atoms with Gasteiger partial charge in [0.15, 0.2) is 0 Å². The summed E-state index contributed by atoms with van der Waals surface area (Å²) < 4.78 is 8.09. The number of nitrogens with zero attached hydrogens (tertiary/aromatic N) is 2. The van der Waals surface area contributed by atoms with Gasteiger partial charge in [0.1, 0.15) is 11.6 Å². The van der Waals surface area contributed by atoms with Crippen LogP contribution in [0.5, 0.6) is 5.75 Å². The number of halogens is 1. The predicted octanol–water partition coefficient (Wildman–Crippen LogP) is 3.89. The van der Waals surface area contributed by atoms with Crippen molar-refractivity contribution in [3.05, 3.63) is 59.1 Å². The highest BCUT2D eigenvalue weighted by Gasteiger charge is 2.13. The number of hydrogen-bond acceptors (Lipinski definition) is 3. The molecule has 0 aliphatic carbocycles. The Hall–Kier alpha value is -2.27. The third-order valence-electron chi connectivity index (χ3n) is 3.18. The van der Waals surface area contributed by atoms with Gasteiger partial charge in [-0.25, -0.2) is 4.68 Å². The van der Waals surface area contributed by atoms with E-state index < -0.39 is 0 Å². The summed E-state index contributed by atoms with van der Waals surface area (Å²) in [5.74, 6) is 1.34. The summed E-state index contributed by atoms with van der Waals surface area (Å²) in [5.41, 5.74) is 8.69. The number of aromatic nitrogens is 2. The molecule has 5 heteroatoms. The Bertz CT molecular complexity index is 768. The highest BCUT2D eigenvalue weighted by molar-refractivity contribution is 9.10. The minimum absolute atomic E-state index is 0.584. The average molecular weight is 344 g/mol. The minimum atomic E-state index is 0.584. The summed E-state index contributed by atoms with van der Waals surface area (Å²) in [5, 5.41) is 4.58. The Kier molecular flexibility index (Phi) is 3.66. The molecule has 3 aromatic rings. The van der Waals surface area contributed by atoms with Crippen LogP contribution in [0.4, 0.5) is 5.82 Å². The molecule has 0 spiro atoms. The maximum atomic E-state index is 6.08. The zero-order valence-electron chi connectivity index (χ0n) is 11.5. The zero-order chi connectivity index (χ0) is 14.8. The fourth-order valence-corrected chi connectivity index (χ4v) is 2.52. The van der Waals surface area contributed by atoms with Crippen molar-refractivity contribution in [1.29, 1.82) is 0 Å². The van der Waals surface area contributed by atoms with Gasteiger partial charge in [0.2, 0.25) is 0 Å². The summed E-state index contributed by atoms with van der Waals surface area (Å²) in [7, 11) is 1.64. The van der Waals surface area contributed by atoms with Crippen molar-refractivity contribution in [1.82, 2.24) is 9.78 Å². The average Bonchev–Trinajstić information content (AvgIpc) is 2.89. The first-order valence-corrected chi connectivity index (χ1v) is 7.23. The molecule has 0 saturated heterocycles. The number of benzene rings is 2. The van der Waals surface area contributed by atoms with E-state index in [1.807, 2.05) is 54.6 Å². The van der Waals surface area contributed by atoms with E-state index in [9.17, 15) is 0 Å².